The van der Waals surface area contributed by atoms with Gasteiger partial charge in [-0.25, -0.2) is 0 Å². The fourth-order valence-corrected chi connectivity index (χ4v) is 6.83. The maximum absolute atomic E-state index is 13.9. The molecule has 5 aliphatic rings. The zero-order valence-corrected chi connectivity index (χ0v) is 20.0. The number of nitrogens with one attached hydrogen (secondary N) is 1. The number of amides is 2. The van der Waals surface area contributed by atoms with Crippen molar-refractivity contribution in [2.24, 2.45) is 5.41 Å². The zero-order valence-electron chi connectivity index (χ0n) is 20.0. The Morgan fingerprint density at radius 2 is 2.00 bits per heavy atom. The number of hydrogen-bond acceptors (Lipinski definition) is 6. The number of hydrogen-bond donors (Lipinski definition) is 3. The highest BCUT2D eigenvalue weighted by molar-refractivity contribution is 6.01. The monoisotopic (exact) mass is 465 g/mol. The number of rotatable bonds is 2. The molecule has 34 heavy (non-hydrogen) atoms. The Labute approximate surface area is 198 Å². The van der Waals surface area contributed by atoms with Crippen LogP contribution in [0.4, 0.5) is 5.69 Å². The summed E-state index contributed by atoms with van der Waals surface area (Å²) in [6, 6.07) is 3.03. The molecule has 0 saturated carbocycles. The molecule has 6 rings (SSSR count). The van der Waals surface area contributed by atoms with E-state index in [0.29, 0.717) is 36.4 Å². The number of anilines is 1. The third-order valence-electron chi connectivity index (χ3n) is 8.56. The van der Waals surface area contributed by atoms with E-state index in [1.165, 1.54) is 9.80 Å². The van der Waals surface area contributed by atoms with Crippen LogP contribution >= 0.6 is 0 Å². The first-order chi connectivity index (χ1) is 15.8. The summed E-state index contributed by atoms with van der Waals surface area (Å²) in [5.41, 5.74) is -4.93. The predicted molar refractivity (Wildman–Crippen MR) is 126 cm³/mol. The minimum absolute atomic E-state index is 0.333. The largest absolute Gasteiger partial charge is 0.483 e. The van der Waals surface area contributed by atoms with Crippen molar-refractivity contribution in [2.45, 2.75) is 75.6 Å². The Bertz CT molecular complexity index is 1210. The molecule has 8 heteroatoms. The molecule has 4 atom stereocenters. The molecule has 0 aliphatic carbocycles. The van der Waals surface area contributed by atoms with Crippen molar-refractivity contribution in [3.05, 3.63) is 42.0 Å². The van der Waals surface area contributed by atoms with Gasteiger partial charge in [-0.15, -0.1) is 6.58 Å². The third-order valence-corrected chi connectivity index (χ3v) is 8.56. The van der Waals surface area contributed by atoms with Crippen molar-refractivity contribution in [3.8, 4) is 5.75 Å². The van der Waals surface area contributed by atoms with Gasteiger partial charge in [-0.3, -0.25) is 14.5 Å². The summed E-state index contributed by atoms with van der Waals surface area (Å²) >= 11 is 0. The van der Waals surface area contributed by atoms with Crippen molar-refractivity contribution in [1.29, 1.82) is 0 Å². The quantitative estimate of drug-likeness (QED) is 0.580. The van der Waals surface area contributed by atoms with E-state index in [2.05, 4.69) is 11.9 Å². The molecule has 0 bridgehead atoms. The summed E-state index contributed by atoms with van der Waals surface area (Å²) in [6.07, 6.45) is 6.47. The highest BCUT2D eigenvalue weighted by Gasteiger charge is 2.81. The predicted octanol–water partition coefficient (Wildman–Crippen LogP) is 2.32. The van der Waals surface area contributed by atoms with Crippen LogP contribution in [0.15, 0.2) is 30.9 Å². The van der Waals surface area contributed by atoms with Crippen LogP contribution in [0.2, 0.25) is 0 Å². The fraction of sp³-hybridized carbons (Fsp3) is 0.538. The van der Waals surface area contributed by atoms with E-state index in [9.17, 15) is 19.8 Å². The first-order valence-corrected chi connectivity index (χ1v) is 11.9. The van der Waals surface area contributed by atoms with Gasteiger partial charge in [-0.05, 0) is 38.8 Å². The topological polar surface area (TPSA) is 102 Å². The van der Waals surface area contributed by atoms with E-state index in [1.54, 1.807) is 6.08 Å². The van der Waals surface area contributed by atoms with Gasteiger partial charge in [0.05, 0.1) is 0 Å². The lowest BCUT2D eigenvalue weighted by molar-refractivity contribution is -0.204. The summed E-state index contributed by atoms with van der Waals surface area (Å²) in [4.78, 5) is 30.2. The van der Waals surface area contributed by atoms with Gasteiger partial charge in [0.1, 0.15) is 23.0 Å². The van der Waals surface area contributed by atoms with Crippen LogP contribution in [0.25, 0.3) is 6.08 Å². The summed E-state index contributed by atoms with van der Waals surface area (Å²) in [7, 11) is 0. The van der Waals surface area contributed by atoms with Crippen molar-refractivity contribution in [3.63, 3.8) is 0 Å². The SMILES string of the molecule is C=CC(C)(C)[C@@]12Nc3cc4c(cc3[C@]1(O)C[C@]1(O)C(=O)N3CCC[C@H]3C(=O)N21)C=CC(C)(C)O4. The lowest BCUT2D eigenvalue weighted by Crippen LogP contribution is -2.76. The molecule has 5 heterocycles. The van der Waals surface area contributed by atoms with Crippen molar-refractivity contribution in [2.75, 3.05) is 11.9 Å². The normalized spacial score (nSPS) is 36.8. The molecule has 5 aliphatic heterocycles. The number of carbonyl (C=O) groups excluding carboxylic acids is 2. The van der Waals surface area contributed by atoms with Crippen LogP contribution in [0.3, 0.4) is 0 Å². The van der Waals surface area contributed by atoms with Gasteiger partial charge < -0.3 is 25.2 Å². The second-order valence-corrected chi connectivity index (χ2v) is 11.4. The van der Waals surface area contributed by atoms with Gasteiger partial charge in [0.2, 0.25) is 11.6 Å². The number of aliphatic hydroxyl groups is 2. The molecule has 3 N–H and O–H groups in total. The molecule has 1 aromatic rings. The molecule has 180 valence electrons. The molecule has 0 spiro atoms. The Balaban J connectivity index is 1.60. The Hall–Kier alpha value is -2.84. The van der Waals surface area contributed by atoms with Crippen LogP contribution in [0.5, 0.6) is 5.75 Å². The molecular formula is C26H31N3O5. The maximum Gasteiger partial charge on any atom is 0.276 e. The number of fused-ring (bicyclic) bond motifs is 7. The Morgan fingerprint density at radius 1 is 1.26 bits per heavy atom. The minimum atomic E-state index is -2.16. The maximum atomic E-state index is 13.9. The fourth-order valence-electron chi connectivity index (χ4n) is 6.83. The molecule has 1 aromatic carbocycles. The van der Waals surface area contributed by atoms with Crippen LogP contribution in [0, 0.1) is 5.41 Å². The lowest BCUT2D eigenvalue weighted by Gasteiger charge is -2.55. The number of nitrogens with zero attached hydrogens (tertiary/aromatic N) is 2. The highest BCUT2D eigenvalue weighted by Crippen LogP contribution is 2.66. The van der Waals surface area contributed by atoms with Crippen molar-refractivity contribution < 1.29 is 24.5 Å². The summed E-state index contributed by atoms with van der Waals surface area (Å²) < 4.78 is 6.15. The number of benzene rings is 1. The Morgan fingerprint density at radius 3 is 2.71 bits per heavy atom. The Kier molecular flexibility index (Phi) is 3.85. The average molecular weight is 466 g/mol. The summed E-state index contributed by atoms with van der Waals surface area (Å²) in [5, 5.41) is 27.8. The number of carbonyl (C=O) groups is 2. The molecule has 0 unspecified atom stereocenters. The van der Waals surface area contributed by atoms with Crippen LogP contribution in [-0.4, -0.2) is 61.4 Å². The molecule has 0 radical (unpaired) electrons. The van der Waals surface area contributed by atoms with Crippen LogP contribution < -0.4 is 10.1 Å². The minimum Gasteiger partial charge on any atom is -0.483 e. The first-order valence-electron chi connectivity index (χ1n) is 11.9. The molecule has 8 nitrogen and oxygen atoms in total. The molecule has 3 saturated heterocycles. The smallest absolute Gasteiger partial charge is 0.276 e. The van der Waals surface area contributed by atoms with Gasteiger partial charge in [0.15, 0.2) is 5.66 Å². The van der Waals surface area contributed by atoms with Crippen LogP contribution in [-0.2, 0) is 15.2 Å². The van der Waals surface area contributed by atoms with E-state index < -0.39 is 40.0 Å². The van der Waals surface area contributed by atoms with Crippen molar-refractivity contribution >= 4 is 23.6 Å². The number of ether oxygens (including phenoxy) is 1. The van der Waals surface area contributed by atoms with E-state index in [-0.39, 0.29) is 12.3 Å². The average Bonchev–Trinajstić information content (AvgIpc) is 3.39. The molecule has 2 amide bonds. The van der Waals surface area contributed by atoms with Crippen molar-refractivity contribution in [1.82, 2.24) is 9.80 Å². The van der Waals surface area contributed by atoms with Crippen LogP contribution in [0.1, 0.15) is 58.1 Å². The third kappa shape index (κ3) is 2.22. The van der Waals surface area contributed by atoms with Gasteiger partial charge in [-0.1, -0.05) is 26.0 Å². The molecule has 3 fully saturated rings. The van der Waals surface area contributed by atoms with E-state index in [4.69, 9.17) is 4.74 Å². The summed E-state index contributed by atoms with van der Waals surface area (Å²) in [5.74, 6) is -0.220. The van der Waals surface area contributed by atoms with Gasteiger partial charge in [0.25, 0.3) is 5.91 Å². The second kappa shape index (κ2) is 6.04. The molecule has 0 aromatic heterocycles. The zero-order chi connectivity index (χ0) is 24.5. The van der Waals surface area contributed by atoms with Gasteiger partial charge >= 0.3 is 0 Å². The van der Waals surface area contributed by atoms with Gasteiger partial charge in [0, 0.05) is 41.3 Å². The summed E-state index contributed by atoms with van der Waals surface area (Å²) in [6.45, 7) is 12.1. The standard InChI is InChI=1S/C26H31N3O5/c1-6-22(2,3)26-24(32,14-25(33)21(31)28-11-7-8-18(28)20(30)29(25)26)16-12-15-9-10-23(4,5)34-19(15)13-17(16)27-26/h6,9-10,12-13,18,27,32-33H,1,7-8,11,14H2,2-5H3/t18-,24+,25-,26-/m0/s1. The molecular weight excluding hydrogens is 434 g/mol. The first kappa shape index (κ1) is 21.7. The van der Waals surface area contributed by atoms with E-state index in [0.717, 1.165) is 5.56 Å². The van der Waals surface area contributed by atoms with E-state index >= 15 is 0 Å². The second-order valence-electron chi connectivity index (χ2n) is 11.4. The lowest BCUT2D eigenvalue weighted by atomic mass is 9.68. The highest BCUT2D eigenvalue weighted by atomic mass is 16.5. The van der Waals surface area contributed by atoms with E-state index in [1.807, 2.05) is 52.0 Å². The van der Waals surface area contributed by atoms with Gasteiger partial charge in [-0.2, -0.15) is 0 Å². The number of piperazine rings is 1.